The van der Waals surface area contributed by atoms with Crippen molar-refractivity contribution < 1.29 is 4.79 Å². The molecule has 2 heterocycles. The van der Waals surface area contributed by atoms with Gasteiger partial charge in [-0.3, -0.25) is 4.79 Å². The zero-order valence-electron chi connectivity index (χ0n) is 13.9. The Hall–Kier alpha value is -1.30. The molecule has 0 saturated carbocycles. The van der Waals surface area contributed by atoms with E-state index in [4.69, 9.17) is 0 Å². The Kier molecular flexibility index (Phi) is 6.06. The van der Waals surface area contributed by atoms with Crippen molar-refractivity contribution in [2.24, 2.45) is 5.92 Å². The molecular weight excluding hydrogens is 296 g/mol. The molecule has 0 radical (unpaired) electrons. The number of nitrogens with zero attached hydrogens (tertiary/aromatic N) is 3. The number of anilines is 1. The second-order valence-electron chi connectivity index (χ2n) is 5.98. The van der Waals surface area contributed by atoms with E-state index in [1.54, 1.807) is 11.8 Å². The third-order valence-corrected chi connectivity index (χ3v) is 4.64. The summed E-state index contributed by atoms with van der Waals surface area (Å²) in [6.45, 7) is 7.95. The molecule has 0 aliphatic carbocycles. The molecule has 0 spiro atoms. The third kappa shape index (κ3) is 4.12. The number of aryl methyl sites for hydroxylation is 2. The Morgan fingerprint density at radius 1 is 1.45 bits per heavy atom. The van der Waals surface area contributed by atoms with Gasteiger partial charge in [0, 0.05) is 24.8 Å². The van der Waals surface area contributed by atoms with Crippen LogP contribution in [0.15, 0.2) is 6.20 Å². The smallest absolute Gasteiger partial charge is 0.230 e. The Balaban J connectivity index is 2.12. The summed E-state index contributed by atoms with van der Waals surface area (Å²) in [7, 11) is 0. The van der Waals surface area contributed by atoms with Crippen LogP contribution in [0.5, 0.6) is 0 Å². The standard InChI is InChI=1S/C16H26N4OS/c1-5-6-13-8-20(9-14(13)19-15(21)10-22-4)16-11(2)7-17-12(3)18-16/h7,13-14H,5-6,8-10H2,1-4H3,(H,19,21)/t13-,14-/m1/s1. The first kappa shape index (κ1) is 17.1. The second-order valence-corrected chi connectivity index (χ2v) is 6.85. The fraction of sp³-hybridized carbons (Fsp3) is 0.688. The molecule has 0 bridgehead atoms. The van der Waals surface area contributed by atoms with Gasteiger partial charge < -0.3 is 10.2 Å². The summed E-state index contributed by atoms with van der Waals surface area (Å²) in [5.74, 6) is 2.96. The monoisotopic (exact) mass is 322 g/mol. The zero-order chi connectivity index (χ0) is 16.1. The number of thioether (sulfide) groups is 1. The van der Waals surface area contributed by atoms with E-state index < -0.39 is 0 Å². The number of carbonyl (C=O) groups excluding carboxylic acids is 1. The van der Waals surface area contributed by atoms with Gasteiger partial charge in [0.15, 0.2) is 0 Å². The Bertz CT molecular complexity index is 523. The van der Waals surface area contributed by atoms with Crippen LogP contribution in [0.1, 0.15) is 31.2 Å². The molecule has 0 unspecified atom stereocenters. The highest BCUT2D eigenvalue weighted by molar-refractivity contribution is 7.99. The van der Waals surface area contributed by atoms with Crippen molar-refractivity contribution in [1.82, 2.24) is 15.3 Å². The first-order chi connectivity index (χ1) is 10.5. The normalized spacial score (nSPS) is 21.2. The van der Waals surface area contributed by atoms with Crippen molar-refractivity contribution in [3.63, 3.8) is 0 Å². The van der Waals surface area contributed by atoms with Crippen LogP contribution >= 0.6 is 11.8 Å². The lowest BCUT2D eigenvalue weighted by Crippen LogP contribution is -2.41. The molecule has 122 valence electrons. The minimum Gasteiger partial charge on any atom is -0.354 e. The van der Waals surface area contributed by atoms with Crippen molar-refractivity contribution in [2.75, 3.05) is 30.0 Å². The Morgan fingerprint density at radius 2 is 2.23 bits per heavy atom. The lowest BCUT2D eigenvalue weighted by Gasteiger charge is -2.20. The number of hydrogen-bond acceptors (Lipinski definition) is 5. The van der Waals surface area contributed by atoms with Crippen molar-refractivity contribution in [3.05, 3.63) is 17.6 Å². The van der Waals surface area contributed by atoms with Gasteiger partial charge in [0.1, 0.15) is 11.6 Å². The van der Waals surface area contributed by atoms with Crippen LogP contribution in [-0.2, 0) is 4.79 Å². The summed E-state index contributed by atoms with van der Waals surface area (Å²) in [6.07, 6.45) is 6.10. The zero-order valence-corrected chi connectivity index (χ0v) is 14.7. The van der Waals surface area contributed by atoms with E-state index in [9.17, 15) is 4.79 Å². The Labute approximate surface area is 137 Å². The molecule has 2 rings (SSSR count). The molecule has 5 nitrogen and oxygen atoms in total. The number of hydrogen-bond donors (Lipinski definition) is 1. The summed E-state index contributed by atoms with van der Waals surface area (Å²) >= 11 is 1.56. The minimum atomic E-state index is 0.135. The first-order valence-corrected chi connectivity index (χ1v) is 9.28. The van der Waals surface area contributed by atoms with Gasteiger partial charge in [-0.2, -0.15) is 11.8 Å². The van der Waals surface area contributed by atoms with Crippen LogP contribution in [-0.4, -0.2) is 47.0 Å². The lowest BCUT2D eigenvalue weighted by molar-refractivity contribution is -0.119. The van der Waals surface area contributed by atoms with E-state index >= 15 is 0 Å². The summed E-state index contributed by atoms with van der Waals surface area (Å²) in [4.78, 5) is 23.1. The minimum absolute atomic E-state index is 0.135. The molecule has 1 amide bonds. The van der Waals surface area contributed by atoms with Crippen LogP contribution in [0.3, 0.4) is 0 Å². The Morgan fingerprint density at radius 3 is 2.91 bits per heavy atom. The highest BCUT2D eigenvalue weighted by atomic mass is 32.2. The average Bonchev–Trinajstić information content (AvgIpc) is 2.85. The molecule has 1 saturated heterocycles. The van der Waals surface area contributed by atoms with E-state index in [1.165, 1.54) is 0 Å². The molecule has 6 heteroatoms. The van der Waals surface area contributed by atoms with Gasteiger partial charge in [-0.05, 0) is 32.4 Å². The van der Waals surface area contributed by atoms with E-state index in [1.807, 2.05) is 26.3 Å². The van der Waals surface area contributed by atoms with E-state index in [-0.39, 0.29) is 11.9 Å². The molecular formula is C16H26N4OS. The topological polar surface area (TPSA) is 58.1 Å². The molecule has 1 aliphatic heterocycles. The molecule has 1 aromatic rings. The predicted molar refractivity (Wildman–Crippen MR) is 92.4 cm³/mol. The van der Waals surface area contributed by atoms with Crippen LogP contribution in [0.2, 0.25) is 0 Å². The van der Waals surface area contributed by atoms with Gasteiger partial charge in [-0.1, -0.05) is 13.3 Å². The molecule has 22 heavy (non-hydrogen) atoms. The highest BCUT2D eigenvalue weighted by Gasteiger charge is 2.34. The van der Waals surface area contributed by atoms with Crippen LogP contribution in [0, 0.1) is 19.8 Å². The van der Waals surface area contributed by atoms with Crippen LogP contribution in [0.4, 0.5) is 5.82 Å². The average molecular weight is 322 g/mol. The van der Waals surface area contributed by atoms with Crippen LogP contribution < -0.4 is 10.2 Å². The number of carbonyl (C=O) groups is 1. The van der Waals surface area contributed by atoms with Gasteiger partial charge in [-0.25, -0.2) is 9.97 Å². The fourth-order valence-corrected chi connectivity index (χ4v) is 3.43. The molecule has 0 aromatic carbocycles. The molecule has 1 N–H and O–H groups in total. The van der Waals surface area contributed by atoms with Gasteiger partial charge in [0.05, 0.1) is 11.8 Å². The number of aromatic nitrogens is 2. The third-order valence-electron chi connectivity index (χ3n) is 4.09. The van der Waals surface area contributed by atoms with Crippen LogP contribution in [0.25, 0.3) is 0 Å². The fourth-order valence-electron chi connectivity index (χ4n) is 3.09. The van der Waals surface area contributed by atoms with E-state index in [0.29, 0.717) is 11.7 Å². The number of nitrogens with one attached hydrogen (secondary N) is 1. The van der Waals surface area contributed by atoms with Crippen molar-refractivity contribution in [3.8, 4) is 0 Å². The van der Waals surface area contributed by atoms with Gasteiger partial charge in [0.25, 0.3) is 0 Å². The van der Waals surface area contributed by atoms with Gasteiger partial charge in [0.2, 0.25) is 5.91 Å². The molecule has 1 aromatic heterocycles. The summed E-state index contributed by atoms with van der Waals surface area (Å²) in [5.41, 5.74) is 1.09. The van der Waals surface area contributed by atoms with Gasteiger partial charge in [-0.15, -0.1) is 0 Å². The SMILES string of the molecule is CCC[C@@H]1CN(c2nc(C)ncc2C)C[C@H]1NC(=O)CSC. The van der Waals surface area contributed by atoms with Crippen molar-refractivity contribution in [2.45, 2.75) is 39.7 Å². The highest BCUT2D eigenvalue weighted by Crippen LogP contribution is 2.27. The number of amides is 1. The van der Waals surface area contributed by atoms with Crippen molar-refractivity contribution in [1.29, 1.82) is 0 Å². The molecule has 1 aliphatic rings. The first-order valence-electron chi connectivity index (χ1n) is 7.88. The number of rotatable bonds is 6. The maximum Gasteiger partial charge on any atom is 0.230 e. The predicted octanol–water partition coefficient (Wildman–Crippen LogP) is 2.18. The van der Waals surface area contributed by atoms with E-state index in [0.717, 1.165) is 43.1 Å². The maximum atomic E-state index is 11.9. The van der Waals surface area contributed by atoms with Crippen molar-refractivity contribution >= 4 is 23.5 Å². The summed E-state index contributed by atoms with van der Waals surface area (Å²) in [6, 6.07) is 0.217. The maximum absolute atomic E-state index is 11.9. The van der Waals surface area contributed by atoms with Gasteiger partial charge >= 0.3 is 0 Å². The summed E-state index contributed by atoms with van der Waals surface area (Å²) < 4.78 is 0. The molecule has 2 atom stereocenters. The van der Waals surface area contributed by atoms with E-state index in [2.05, 4.69) is 27.1 Å². The summed E-state index contributed by atoms with van der Waals surface area (Å²) in [5, 5.41) is 3.20. The largest absolute Gasteiger partial charge is 0.354 e. The second kappa shape index (κ2) is 7.81. The quantitative estimate of drug-likeness (QED) is 0.870. The lowest BCUT2D eigenvalue weighted by atomic mass is 9.98. The molecule has 1 fully saturated rings.